The normalized spacial score (nSPS) is 16.5. The fourth-order valence-electron chi connectivity index (χ4n) is 2.35. The van der Waals surface area contributed by atoms with Crippen LogP contribution in [0.2, 0.25) is 0 Å². The van der Waals surface area contributed by atoms with E-state index in [0.717, 1.165) is 23.9 Å². The third kappa shape index (κ3) is 5.12. The van der Waals surface area contributed by atoms with Crippen molar-refractivity contribution in [2.24, 2.45) is 5.16 Å². The Morgan fingerprint density at radius 2 is 2.09 bits per heavy atom. The number of rotatable bonds is 8. The lowest BCUT2D eigenvalue weighted by molar-refractivity contribution is -0.161. The molecular weight excluding hydrogens is 496 g/mol. The number of imidazole rings is 1. The molecule has 16 nitrogen and oxygen atoms in total. The van der Waals surface area contributed by atoms with E-state index in [0.29, 0.717) is 8.87 Å². The number of β-lactam (4-membered cyclic amide) rings is 1. The summed E-state index contributed by atoms with van der Waals surface area (Å²) in [6.07, 6.45) is 3.20. The quantitative estimate of drug-likeness (QED) is 0.177. The first kappa shape index (κ1) is 24.6. The fourth-order valence-corrected chi connectivity index (χ4v) is 3.73. The Labute approximate surface area is 195 Å². The summed E-state index contributed by atoms with van der Waals surface area (Å²) in [4.78, 5) is 61.4. The van der Waals surface area contributed by atoms with Crippen LogP contribution >= 0.6 is 11.3 Å². The number of anilines is 1. The molecule has 5 N–H and O–H groups in total. The van der Waals surface area contributed by atoms with Crippen molar-refractivity contribution in [2.75, 3.05) is 12.3 Å². The summed E-state index contributed by atoms with van der Waals surface area (Å²) in [5.41, 5.74) is 3.30. The van der Waals surface area contributed by atoms with Gasteiger partial charge in [0.1, 0.15) is 18.1 Å². The van der Waals surface area contributed by atoms with Gasteiger partial charge in [-0.3, -0.25) is 14.5 Å². The first-order chi connectivity index (χ1) is 15.8. The first-order valence-electron chi connectivity index (χ1n) is 9.20. The minimum atomic E-state index is -4.31. The number of urea groups is 1. The number of carbonyl (C=O) groups excluding carboxylic acids is 3. The average molecular weight is 515 g/mol. The number of likely N-dealkylation sites (tertiary alicyclic amines) is 1. The number of carbonyl (C=O) groups is 4. The number of amides is 4. The standard InChI is InChI=1S/C16H18N8O8S2/c1-16(2,13(27)28)32-21-10(9-6-33-14(17)20-9)11(25)19-8-5-24(12(8)26)15(29)22-34(30,31)23-4-3-18-7-23/h3-4,6-8H,5H2,1-2H3,(H2,17,20)(H,19,25)(H,22,29)(H,27,28)/t8-/m0/s1. The topological polar surface area (TPSA) is 228 Å². The third-order valence-electron chi connectivity index (χ3n) is 4.31. The fraction of sp³-hybridized carbons (Fsp3) is 0.312. The molecule has 3 heterocycles. The number of hydrogen-bond donors (Lipinski definition) is 4. The number of nitrogen functional groups attached to an aromatic ring is 1. The van der Waals surface area contributed by atoms with E-state index in [2.05, 4.69) is 20.4 Å². The molecule has 0 radical (unpaired) electrons. The SMILES string of the molecule is CC(C)(ON=C(C(=O)N[C@H]1CN(C(=O)NS(=O)(=O)n2ccnc2)C1=O)c1csc(N)n1)C(=O)O. The van der Waals surface area contributed by atoms with Gasteiger partial charge in [-0.15, -0.1) is 11.3 Å². The van der Waals surface area contributed by atoms with Crippen LogP contribution in [0, 0.1) is 0 Å². The Morgan fingerprint density at radius 3 is 2.62 bits per heavy atom. The molecule has 0 aliphatic carbocycles. The molecular formula is C16H18N8O8S2. The molecule has 1 aliphatic heterocycles. The Bertz CT molecular complexity index is 1270. The molecule has 0 spiro atoms. The highest BCUT2D eigenvalue weighted by molar-refractivity contribution is 7.88. The van der Waals surface area contributed by atoms with Gasteiger partial charge < -0.3 is 21.0 Å². The van der Waals surface area contributed by atoms with Crippen LogP contribution in [0.1, 0.15) is 19.5 Å². The smallest absolute Gasteiger partial charge is 0.350 e. The van der Waals surface area contributed by atoms with Crippen LogP contribution < -0.4 is 15.8 Å². The van der Waals surface area contributed by atoms with Gasteiger partial charge in [-0.05, 0) is 13.8 Å². The van der Waals surface area contributed by atoms with E-state index in [1.165, 1.54) is 25.4 Å². The van der Waals surface area contributed by atoms with E-state index in [1.807, 2.05) is 0 Å². The summed E-state index contributed by atoms with van der Waals surface area (Å²) in [7, 11) is -4.31. The van der Waals surface area contributed by atoms with Crippen LogP contribution in [-0.2, 0) is 29.4 Å². The van der Waals surface area contributed by atoms with Crippen molar-refractivity contribution < 1.29 is 37.5 Å². The van der Waals surface area contributed by atoms with E-state index in [4.69, 9.17) is 15.7 Å². The summed E-state index contributed by atoms with van der Waals surface area (Å²) < 4.78 is 26.4. The lowest BCUT2D eigenvalue weighted by atomic mass is 10.1. The number of hydrogen-bond acceptors (Lipinski definition) is 12. The van der Waals surface area contributed by atoms with Gasteiger partial charge in [0.05, 0.1) is 6.54 Å². The maximum Gasteiger partial charge on any atom is 0.350 e. The molecule has 4 amide bonds. The molecule has 2 aromatic heterocycles. The molecule has 0 saturated carbocycles. The highest BCUT2D eigenvalue weighted by Crippen LogP contribution is 2.16. The predicted octanol–water partition coefficient (Wildman–Crippen LogP) is -1.66. The summed E-state index contributed by atoms with van der Waals surface area (Å²) in [6.45, 7) is 2.06. The summed E-state index contributed by atoms with van der Waals surface area (Å²) in [6, 6.07) is -2.42. The highest BCUT2D eigenvalue weighted by Gasteiger charge is 2.43. The van der Waals surface area contributed by atoms with Gasteiger partial charge in [-0.2, -0.15) is 8.42 Å². The van der Waals surface area contributed by atoms with E-state index >= 15 is 0 Å². The second-order valence-corrected chi connectivity index (χ2v) is 9.66. The maximum atomic E-state index is 12.7. The lowest BCUT2D eigenvalue weighted by Crippen LogP contribution is -2.68. The molecule has 3 rings (SSSR count). The largest absolute Gasteiger partial charge is 0.478 e. The second kappa shape index (κ2) is 9.06. The number of carboxylic acid groups (broad SMARTS) is 1. The number of aliphatic carboxylic acids is 1. The van der Waals surface area contributed by atoms with Crippen LogP contribution in [0.5, 0.6) is 0 Å². The van der Waals surface area contributed by atoms with E-state index < -0.39 is 51.4 Å². The molecule has 1 aliphatic rings. The Morgan fingerprint density at radius 1 is 1.38 bits per heavy atom. The monoisotopic (exact) mass is 514 g/mol. The number of oxime groups is 1. The van der Waals surface area contributed by atoms with Gasteiger partial charge in [0.25, 0.3) is 11.8 Å². The molecule has 1 atom stereocenters. The highest BCUT2D eigenvalue weighted by atomic mass is 32.2. The van der Waals surface area contributed by atoms with Crippen molar-refractivity contribution >= 4 is 56.2 Å². The molecule has 0 aromatic carbocycles. The first-order valence-corrected chi connectivity index (χ1v) is 11.5. The summed E-state index contributed by atoms with van der Waals surface area (Å²) >= 11 is 0.980. The number of imide groups is 1. The number of thiazole rings is 1. The van der Waals surface area contributed by atoms with Crippen LogP contribution in [-0.4, -0.2) is 80.1 Å². The van der Waals surface area contributed by atoms with Gasteiger partial charge in [0.2, 0.25) is 5.60 Å². The van der Waals surface area contributed by atoms with Crippen molar-refractivity contribution in [3.8, 4) is 0 Å². The van der Waals surface area contributed by atoms with Crippen LogP contribution in [0.25, 0.3) is 0 Å². The second-order valence-electron chi connectivity index (χ2n) is 7.20. The number of nitrogens with one attached hydrogen (secondary N) is 2. The zero-order valence-corrected chi connectivity index (χ0v) is 19.2. The van der Waals surface area contributed by atoms with Crippen LogP contribution in [0.15, 0.2) is 29.3 Å². The molecule has 0 bridgehead atoms. The average Bonchev–Trinajstić information content (AvgIpc) is 3.42. The van der Waals surface area contributed by atoms with Gasteiger partial charge in [0.15, 0.2) is 10.8 Å². The third-order valence-corrected chi connectivity index (χ3v) is 6.19. The molecule has 18 heteroatoms. The van der Waals surface area contributed by atoms with Crippen molar-refractivity contribution in [2.45, 2.75) is 25.5 Å². The van der Waals surface area contributed by atoms with Crippen LogP contribution in [0.4, 0.5) is 9.93 Å². The van der Waals surface area contributed by atoms with Crippen molar-refractivity contribution in [3.05, 3.63) is 29.8 Å². The Balaban J connectivity index is 1.68. The van der Waals surface area contributed by atoms with E-state index in [9.17, 15) is 27.6 Å². The molecule has 0 unspecified atom stereocenters. The number of nitrogens with zero attached hydrogens (tertiary/aromatic N) is 5. The van der Waals surface area contributed by atoms with Gasteiger partial charge in [-0.25, -0.2) is 28.3 Å². The van der Waals surface area contributed by atoms with Crippen molar-refractivity contribution in [3.63, 3.8) is 0 Å². The lowest BCUT2D eigenvalue weighted by Gasteiger charge is -2.36. The minimum Gasteiger partial charge on any atom is -0.478 e. The van der Waals surface area contributed by atoms with Gasteiger partial charge in [-0.1, -0.05) is 5.16 Å². The van der Waals surface area contributed by atoms with Crippen molar-refractivity contribution in [1.82, 2.24) is 28.9 Å². The Hall–Kier alpha value is -4.06. The zero-order chi connectivity index (χ0) is 25.3. The van der Waals surface area contributed by atoms with Crippen LogP contribution in [0.3, 0.4) is 0 Å². The number of aromatic nitrogens is 3. The van der Waals surface area contributed by atoms with Gasteiger partial charge in [0, 0.05) is 17.8 Å². The minimum absolute atomic E-state index is 0.0333. The summed E-state index contributed by atoms with van der Waals surface area (Å²) in [5.74, 6) is -3.21. The molecule has 34 heavy (non-hydrogen) atoms. The van der Waals surface area contributed by atoms with E-state index in [1.54, 1.807) is 4.72 Å². The number of nitrogens with two attached hydrogens (primary N) is 1. The molecule has 2 aromatic rings. The Kier molecular flexibility index (Phi) is 6.55. The van der Waals surface area contributed by atoms with Crippen molar-refractivity contribution in [1.29, 1.82) is 0 Å². The van der Waals surface area contributed by atoms with Gasteiger partial charge >= 0.3 is 22.2 Å². The van der Waals surface area contributed by atoms with E-state index in [-0.39, 0.29) is 17.4 Å². The number of carboxylic acids is 1. The molecule has 1 fully saturated rings. The molecule has 1 saturated heterocycles. The summed E-state index contributed by atoms with van der Waals surface area (Å²) in [5, 5.41) is 16.5. The molecule has 182 valence electrons. The zero-order valence-electron chi connectivity index (χ0n) is 17.5. The predicted molar refractivity (Wildman–Crippen MR) is 115 cm³/mol. The maximum absolute atomic E-state index is 12.7.